The van der Waals surface area contributed by atoms with Gasteiger partial charge in [0, 0.05) is 28.5 Å². The number of methoxy groups -OCH3 is 3. The Morgan fingerprint density at radius 1 is 0.636 bits per heavy atom. The van der Waals surface area contributed by atoms with Crippen LogP contribution in [0.1, 0.15) is 0 Å². The van der Waals surface area contributed by atoms with Gasteiger partial charge in [0.2, 0.25) is 0 Å². The molecule has 0 bridgehead atoms. The summed E-state index contributed by atoms with van der Waals surface area (Å²) < 4.78 is 18.1. The smallest absolute Gasteiger partial charge is 0.195 e. The van der Waals surface area contributed by atoms with Crippen LogP contribution in [0.15, 0.2) is 71.7 Å². The summed E-state index contributed by atoms with van der Waals surface area (Å²) in [7, 11) is 4.92. The highest BCUT2D eigenvalue weighted by Gasteiger charge is 2.34. The summed E-state index contributed by atoms with van der Waals surface area (Å²) in [5, 5.41) is 4.97. The number of rotatable bonds is 4. The van der Waals surface area contributed by atoms with Crippen LogP contribution in [0.5, 0.6) is 17.2 Å². The van der Waals surface area contributed by atoms with Crippen LogP contribution in [0.2, 0.25) is 0 Å². The van der Waals surface area contributed by atoms with Gasteiger partial charge in [0.1, 0.15) is 22.9 Å². The van der Waals surface area contributed by atoms with E-state index in [4.69, 9.17) is 19.3 Å². The highest BCUT2D eigenvalue weighted by atomic mass is 16.5. The SMILES string of the molecule is COc1ccc(-n2cc3c(n2)-c2cc(OC)ccc2-c2c(c2=O)-c2ccc(OC)cc2-3)cc1. The van der Waals surface area contributed by atoms with Crippen LogP contribution in [0.4, 0.5) is 0 Å². The Bertz CT molecular complexity index is 1450. The number of nitrogens with zero attached hydrogens (tertiary/aromatic N) is 2. The molecule has 0 radical (unpaired) electrons. The molecule has 0 saturated heterocycles. The fourth-order valence-electron chi connectivity index (χ4n) is 4.48. The van der Waals surface area contributed by atoms with Gasteiger partial charge in [-0.2, -0.15) is 5.10 Å². The minimum atomic E-state index is 0.0704. The topological polar surface area (TPSA) is 62.6 Å². The van der Waals surface area contributed by atoms with Crippen LogP contribution >= 0.6 is 0 Å². The van der Waals surface area contributed by atoms with Crippen molar-refractivity contribution in [1.29, 1.82) is 0 Å². The number of fused-ring (bicyclic) bond motifs is 8. The Hall–Kier alpha value is -4.32. The van der Waals surface area contributed by atoms with E-state index in [-0.39, 0.29) is 5.43 Å². The van der Waals surface area contributed by atoms with Crippen molar-refractivity contribution in [3.63, 3.8) is 0 Å². The van der Waals surface area contributed by atoms with Gasteiger partial charge in [-0.25, -0.2) is 4.68 Å². The van der Waals surface area contributed by atoms with Crippen molar-refractivity contribution in [2.45, 2.75) is 0 Å². The zero-order chi connectivity index (χ0) is 22.7. The Kier molecular flexibility index (Phi) is 4.17. The van der Waals surface area contributed by atoms with Crippen LogP contribution in [-0.2, 0) is 0 Å². The van der Waals surface area contributed by atoms with Gasteiger partial charge >= 0.3 is 0 Å². The average Bonchev–Trinajstić information content (AvgIpc) is 3.31. The van der Waals surface area contributed by atoms with Crippen molar-refractivity contribution in [2.24, 2.45) is 0 Å². The predicted molar refractivity (Wildman–Crippen MR) is 127 cm³/mol. The third-order valence-electron chi connectivity index (χ3n) is 6.23. The molecular weight excluding hydrogens is 416 g/mol. The fraction of sp³-hybridized carbons (Fsp3) is 0.111. The molecular formula is C27H20N2O4. The van der Waals surface area contributed by atoms with Crippen molar-refractivity contribution in [1.82, 2.24) is 9.78 Å². The Morgan fingerprint density at radius 3 is 1.79 bits per heavy atom. The van der Waals surface area contributed by atoms with E-state index in [1.165, 1.54) is 0 Å². The zero-order valence-electron chi connectivity index (χ0n) is 18.4. The second-order valence-corrected chi connectivity index (χ2v) is 7.94. The summed E-state index contributed by atoms with van der Waals surface area (Å²) >= 11 is 0. The lowest BCUT2D eigenvalue weighted by atomic mass is 9.90. The molecule has 162 valence electrons. The zero-order valence-corrected chi connectivity index (χ0v) is 18.4. The summed E-state index contributed by atoms with van der Waals surface area (Å²) in [5.74, 6) is 2.21. The van der Waals surface area contributed by atoms with Gasteiger partial charge in [0.25, 0.3) is 0 Å². The molecule has 0 aliphatic heterocycles. The Balaban J connectivity index is 1.66. The van der Waals surface area contributed by atoms with Crippen molar-refractivity contribution in [2.75, 3.05) is 21.3 Å². The van der Waals surface area contributed by atoms with E-state index in [0.717, 1.165) is 61.8 Å². The van der Waals surface area contributed by atoms with Crippen molar-refractivity contribution in [3.05, 3.63) is 77.1 Å². The van der Waals surface area contributed by atoms with E-state index >= 15 is 0 Å². The molecule has 1 heterocycles. The third kappa shape index (κ3) is 2.88. The largest absolute Gasteiger partial charge is 0.497 e. The maximum Gasteiger partial charge on any atom is 0.195 e. The highest BCUT2D eigenvalue weighted by Crippen LogP contribution is 2.50. The van der Waals surface area contributed by atoms with Gasteiger partial charge in [-0.05, 0) is 77.4 Å². The first-order valence-electron chi connectivity index (χ1n) is 10.5. The van der Waals surface area contributed by atoms with E-state index in [2.05, 4.69) is 0 Å². The Morgan fingerprint density at radius 2 is 1.18 bits per heavy atom. The molecule has 6 rings (SSSR count). The first kappa shape index (κ1) is 19.4. The molecule has 5 aromatic rings. The van der Waals surface area contributed by atoms with Crippen LogP contribution in [0, 0.1) is 0 Å². The second-order valence-electron chi connectivity index (χ2n) is 7.94. The summed E-state index contributed by atoms with van der Waals surface area (Å²) in [4.78, 5) is 12.9. The molecule has 0 fully saturated rings. The Labute approximate surface area is 190 Å². The molecule has 0 unspecified atom stereocenters. The molecule has 6 nitrogen and oxygen atoms in total. The standard InChI is InChI=1S/C27H20N2O4/c1-31-16-6-4-15(5-7-16)29-14-23-21-12-17(32-2)8-10-19(21)24-25(27(24)30)20-11-9-18(33-3)13-22(20)26(23)28-29/h4-14H,1-3H3. The number of hydrogen-bond donors (Lipinski definition) is 0. The lowest BCUT2D eigenvalue weighted by Gasteiger charge is -2.14. The highest BCUT2D eigenvalue weighted by molar-refractivity contribution is 6.07. The van der Waals surface area contributed by atoms with E-state index in [1.54, 1.807) is 21.3 Å². The molecule has 4 aromatic carbocycles. The van der Waals surface area contributed by atoms with Gasteiger partial charge in [-0.3, -0.25) is 4.79 Å². The molecule has 0 atom stereocenters. The van der Waals surface area contributed by atoms with Crippen LogP contribution in [0.25, 0.3) is 50.3 Å². The first-order valence-corrected chi connectivity index (χ1v) is 10.5. The van der Waals surface area contributed by atoms with Crippen LogP contribution < -0.4 is 19.6 Å². The molecule has 1 aromatic heterocycles. The summed E-state index contributed by atoms with van der Waals surface area (Å²) in [6.07, 6.45) is 2.00. The maximum atomic E-state index is 12.9. The van der Waals surface area contributed by atoms with E-state index in [0.29, 0.717) is 5.75 Å². The minimum Gasteiger partial charge on any atom is -0.497 e. The van der Waals surface area contributed by atoms with Crippen LogP contribution in [-0.4, -0.2) is 31.1 Å². The van der Waals surface area contributed by atoms with Crippen LogP contribution in [0.3, 0.4) is 0 Å². The molecule has 33 heavy (non-hydrogen) atoms. The molecule has 0 N–H and O–H groups in total. The summed E-state index contributed by atoms with van der Waals surface area (Å²) in [5.41, 5.74) is 7.70. The van der Waals surface area contributed by atoms with Gasteiger partial charge < -0.3 is 14.2 Å². The number of hydrogen-bond acceptors (Lipinski definition) is 5. The molecule has 0 spiro atoms. The number of benzene rings is 3. The third-order valence-corrected chi connectivity index (χ3v) is 6.23. The number of ether oxygens (including phenoxy) is 3. The molecule has 0 amide bonds. The average molecular weight is 436 g/mol. The first-order chi connectivity index (χ1) is 16.1. The maximum absolute atomic E-state index is 12.9. The fourth-order valence-corrected chi connectivity index (χ4v) is 4.48. The molecule has 0 saturated carbocycles. The molecule has 1 aliphatic carbocycles. The normalized spacial score (nSPS) is 11.6. The predicted octanol–water partition coefficient (Wildman–Crippen LogP) is 5.12. The lowest BCUT2D eigenvalue weighted by molar-refractivity contribution is 0.414. The van der Waals surface area contributed by atoms with Gasteiger partial charge in [0.15, 0.2) is 5.43 Å². The van der Waals surface area contributed by atoms with Crippen molar-refractivity contribution in [3.8, 4) is 67.6 Å². The molecule has 1 aliphatic rings. The van der Waals surface area contributed by atoms with E-state index in [9.17, 15) is 4.79 Å². The van der Waals surface area contributed by atoms with Crippen molar-refractivity contribution < 1.29 is 14.2 Å². The van der Waals surface area contributed by atoms with E-state index < -0.39 is 0 Å². The summed E-state index contributed by atoms with van der Waals surface area (Å²) in [6.45, 7) is 0. The van der Waals surface area contributed by atoms with Gasteiger partial charge in [-0.15, -0.1) is 0 Å². The number of aromatic nitrogens is 2. The van der Waals surface area contributed by atoms with Gasteiger partial charge in [0.05, 0.1) is 27.0 Å². The lowest BCUT2D eigenvalue weighted by Crippen LogP contribution is -1.96. The second kappa shape index (κ2) is 7.10. The molecule has 6 heteroatoms. The van der Waals surface area contributed by atoms with Gasteiger partial charge in [-0.1, -0.05) is 0 Å². The van der Waals surface area contributed by atoms with E-state index in [1.807, 2.05) is 71.5 Å². The monoisotopic (exact) mass is 436 g/mol. The minimum absolute atomic E-state index is 0.0704. The van der Waals surface area contributed by atoms with Crippen molar-refractivity contribution >= 4 is 0 Å². The summed E-state index contributed by atoms with van der Waals surface area (Å²) in [6, 6.07) is 19.3. The quantitative estimate of drug-likeness (QED) is 0.384.